The van der Waals surface area contributed by atoms with Crippen molar-refractivity contribution in [1.82, 2.24) is 4.98 Å². The Morgan fingerprint density at radius 3 is 2.79 bits per heavy atom. The van der Waals surface area contributed by atoms with E-state index in [9.17, 15) is 8.94 Å². The van der Waals surface area contributed by atoms with Crippen LogP contribution in [-0.4, -0.2) is 30.0 Å². The first-order valence-corrected chi connectivity index (χ1v) is 9.71. The molecule has 2 fully saturated rings. The van der Waals surface area contributed by atoms with Gasteiger partial charge in [-0.3, -0.25) is 0 Å². The molecule has 2 aliphatic carbocycles. The van der Waals surface area contributed by atoms with Crippen molar-refractivity contribution in [3.63, 3.8) is 0 Å². The standard InChI is InChI=1S/C15H21NO2Se/c1-14(2)11-6-7-15(14,12(17)9-11)10-19(18)13-5-3-4-8-16-13/h3-5,8,11-12,17H,6-7,9-10H2,1-2H3/t11-,12-,15-,19?/m1/s1. The molecule has 104 valence electrons. The average molecular weight is 326 g/mol. The average Bonchev–Trinajstić information content (AvgIpc) is 2.74. The fraction of sp³-hybridized carbons (Fsp3) is 0.667. The van der Waals surface area contributed by atoms with Gasteiger partial charge in [-0.1, -0.05) is 0 Å². The second-order valence-electron chi connectivity index (χ2n) is 6.52. The van der Waals surface area contributed by atoms with Gasteiger partial charge in [0.05, 0.1) is 0 Å². The van der Waals surface area contributed by atoms with Gasteiger partial charge in [-0.2, -0.15) is 0 Å². The van der Waals surface area contributed by atoms with Crippen molar-refractivity contribution in [3.8, 4) is 0 Å². The van der Waals surface area contributed by atoms with E-state index in [1.54, 1.807) is 6.20 Å². The molecule has 0 amide bonds. The third-order valence-corrected chi connectivity index (χ3v) is 8.76. The maximum absolute atomic E-state index is 12.7. The molecule has 0 radical (unpaired) electrons. The summed E-state index contributed by atoms with van der Waals surface area (Å²) in [6, 6.07) is 5.60. The Bertz CT molecular complexity index is 502. The molecule has 0 spiro atoms. The van der Waals surface area contributed by atoms with E-state index in [2.05, 4.69) is 18.8 Å². The van der Waals surface area contributed by atoms with Gasteiger partial charge in [0.25, 0.3) is 0 Å². The minimum atomic E-state index is -2.16. The summed E-state index contributed by atoms with van der Waals surface area (Å²) >= 11 is -2.16. The van der Waals surface area contributed by atoms with Gasteiger partial charge in [0, 0.05) is 0 Å². The van der Waals surface area contributed by atoms with E-state index in [-0.39, 0.29) is 16.9 Å². The van der Waals surface area contributed by atoms with Gasteiger partial charge < -0.3 is 0 Å². The predicted molar refractivity (Wildman–Crippen MR) is 74.7 cm³/mol. The summed E-state index contributed by atoms with van der Waals surface area (Å²) in [4.78, 5) is 4.23. The summed E-state index contributed by atoms with van der Waals surface area (Å²) < 4.78 is 13.4. The zero-order chi connectivity index (χ0) is 13.7. The number of pyridine rings is 1. The first-order chi connectivity index (χ1) is 8.97. The van der Waals surface area contributed by atoms with Gasteiger partial charge in [0.15, 0.2) is 0 Å². The Hall–Kier alpha value is -0.571. The Balaban J connectivity index is 1.88. The predicted octanol–water partition coefficient (Wildman–Crippen LogP) is 1.90. The molecule has 3 rings (SSSR count). The van der Waals surface area contributed by atoms with Crippen LogP contribution in [-0.2, 0) is 3.83 Å². The summed E-state index contributed by atoms with van der Waals surface area (Å²) in [5.74, 6) is 0.588. The number of rotatable bonds is 3. The molecule has 4 atom stereocenters. The quantitative estimate of drug-likeness (QED) is 0.863. The number of hydrogen-bond donors (Lipinski definition) is 1. The van der Waals surface area contributed by atoms with Crippen LogP contribution in [0.25, 0.3) is 0 Å². The van der Waals surface area contributed by atoms with Crippen molar-refractivity contribution in [1.29, 1.82) is 0 Å². The van der Waals surface area contributed by atoms with Crippen LogP contribution in [0.4, 0.5) is 0 Å². The van der Waals surface area contributed by atoms with Gasteiger partial charge in [0.2, 0.25) is 0 Å². The van der Waals surface area contributed by atoms with Crippen LogP contribution in [0.3, 0.4) is 0 Å². The molecule has 0 saturated heterocycles. The van der Waals surface area contributed by atoms with Gasteiger partial charge in [-0.15, -0.1) is 0 Å². The van der Waals surface area contributed by atoms with E-state index in [0.717, 1.165) is 17.4 Å². The summed E-state index contributed by atoms with van der Waals surface area (Å²) in [7, 11) is 0. The number of hydrogen-bond acceptors (Lipinski definition) is 3. The summed E-state index contributed by atoms with van der Waals surface area (Å²) in [6.07, 6.45) is 4.49. The second kappa shape index (κ2) is 4.47. The Morgan fingerprint density at radius 1 is 1.47 bits per heavy atom. The molecule has 2 aliphatic rings. The van der Waals surface area contributed by atoms with E-state index in [4.69, 9.17) is 0 Å². The number of aliphatic hydroxyl groups excluding tert-OH is 1. The molecule has 3 nitrogen and oxygen atoms in total. The fourth-order valence-electron chi connectivity index (χ4n) is 4.17. The summed E-state index contributed by atoms with van der Waals surface area (Å²) in [5, 5.41) is 11.1. The molecule has 2 saturated carbocycles. The SMILES string of the molecule is CC1(C)[C@@H]2CC[C@@]1(C[Se](=O)c1ccccn1)[C@H](O)C2. The van der Waals surface area contributed by atoms with Gasteiger partial charge >= 0.3 is 118 Å². The van der Waals surface area contributed by atoms with Gasteiger partial charge in [-0.05, 0) is 0 Å². The van der Waals surface area contributed by atoms with Crippen molar-refractivity contribution in [2.45, 2.75) is 44.5 Å². The molecule has 19 heavy (non-hydrogen) atoms. The van der Waals surface area contributed by atoms with Crippen LogP contribution in [0.2, 0.25) is 5.32 Å². The molecule has 4 heteroatoms. The van der Waals surface area contributed by atoms with Crippen molar-refractivity contribution < 1.29 is 8.94 Å². The fourth-order valence-corrected chi connectivity index (χ4v) is 7.81. The van der Waals surface area contributed by atoms with Gasteiger partial charge in [0.1, 0.15) is 0 Å². The van der Waals surface area contributed by atoms with E-state index >= 15 is 0 Å². The van der Waals surface area contributed by atoms with Gasteiger partial charge in [-0.25, -0.2) is 0 Å². The third kappa shape index (κ3) is 1.84. The number of aromatic nitrogens is 1. The molecule has 1 aromatic rings. The molecule has 1 N–H and O–H groups in total. The molecular weight excluding hydrogens is 305 g/mol. The summed E-state index contributed by atoms with van der Waals surface area (Å²) in [5.41, 5.74) is -0.0467. The molecule has 0 aromatic carbocycles. The van der Waals surface area contributed by atoms with E-state index in [1.165, 1.54) is 6.42 Å². The van der Waals surface area contributed by atoms with Crippen molar-refractivity contribution in [3.05, 3.63) is 24.4 Å². The Labute approximate surface area is 118 Å². The number of fused-ring (bicyclic) bond motifs is 2. The van der Waals surface area contributed by atoms with Crippen molar-refractivity contribution >= 4 is 18.4 Å². The number of aliphatic hydroxyl groups is 1. The Kier molecular flexibility index (Phi) is 3.16. The molecule has 1 unspecified atom stereocenters. The van der Waals surface area contributed by atoms with Crippen molar-refractivity contribution in [2.75, 3.05) is 0 Å². The maximum atomic E-state index is 12.7. The second-order valence-corrected chi connectivity index (χ2v) is 9.46. The van der Waals surface area contributed by atoms with Crippen LogP contribution < -0.4 is 4.59 Å². The van der Waals surface area contributed by atoms with Crippen LogP contribution in [0.15, 0.2) is 24.4 Å². The molecular formula is C15H21NO2Se. The van der Waals surface area contributed by atoms with Crippen molar-refractivity contribution in [2.24, 2.45) is 16.7 Å². The van der Waals surface area contributed by atoms with E-state index < -0.39 is 13.8 Å². The van der Waals surface area contributed by atoms with Crippen LogP contribution in [0, 0.1) is 16.7 Å². The molecule has 2 bridgehead atoms. The summed E-state index contributed by atoms with van der Waals surface area (Å²) in [6.45, 7) is 4.50. The minimum absolute atomic E-state index is 0.105. The molecule has 0 aliphatic heterocycles. The molecule has 1 heterocycles. The third-order valence-electron chi connectivity index (χ3n) is 5.65. The number of nitrogens with zero attached hydrogens (tertiary/aromatic N) is 1. The topological polar surface area (TPSA) is 50.2 Å². The zero-order valence-corrected chi connectivity index (χ0v) is 13.2. The van der Waals surface area contributed by atoms with Crippen LogP contribution in [0.5, 0.6) is 0 Å². The monoisotopic (exact) mass is 327 g/mol. The first kappa shape index (κ1) is 13.4. The van der Waals surface area contributed by atoms with Crippen LogP contribution in [0.1, 0.15) is 33.1 Å². The van der Waals surface area contributed by atoms with Crippen LogP contribution >= 0.6 is 0 Å². The first-order valence-electron chi connectivity index (χ1n) is 6.95. The normalized spacial score (nSPS) is 37.4. The van der Waals surface area contributed by atoms with E-state index in [1.807, 2.05) is 18.2 Å². The molecule has 1 aromatic heterocycles. The zero-order valence-electron chi connectivity index (χ0n) is 11.5. The Morgan fingerprint density at radius 2 is 2.26 bits per heavy atom. The van der Waals surface area contributed by atoms with E-state index in [0.29, 0.717) is 11.2 Å².